The summed E-state index contributed by atoms with van der Waals surface area (Å²) in [6, 6.07) is 16.4. The minimum absolute atomic E-state index is 0.0185. The fraction of sp³-hybridized carbons (Fsp3) is 0.231. The van der Waals surface area contributed by atoms with Gasteiger partial charge in [0.1, 0.15) is 5.84 Å². The molecule has 10 nitrogen and oxygen atoms in total. The van der Waals surface area contributed by atoms with Crippen molar-refractivity contribution in [2.75, 3.05) is 23.0 Å². The van der Waals surface area contributed by atoms with Crippen LogP contribution in [0.2, 0.25) is 0 Å². The Labute approximate surface area is 216 Å². The number of benzene rings is 2. The fourth-order valence-electron chi connectivity index (χ4n) is 3.54. The number of amides is 1. The summed E-state index contributed by atoms with van der Waals surface area (Å²) < 4.78 is 27.2. The number of aromatic nitrogens is 1. The zero-order valence-corrected chi connectivity index (χ0v) is 21.6. The van der Waals surface area contributed by atoms with Crippen molar-refractivity contribution in [3.05, 3.63) is 89.2 Å². The van der Waals surface area contributed by atoms with Crippen molar-refractivity contribution in [1.82, 2.24) is 4.98 Å². The monoisotopic (exact) mass is 523 g/mol. The third-order valence-corrected chi connectivity index (χ3v) is 5.63. The maximum Gasteiger partial charge on any atom is 0.353 e. The summed E-state index contributed by atoms with van der Waals surface area (Å²) in [7, 11) is -4.00. The lowest BCUT2D eigenvalue weighted by Crippen LogP contribution is -2.35. The minimum atomic E-state index is -4.00. The van der Waals surface area contributed by atoms with E-state index < -0.39 is 16.1 Å². The van der Waals surface area contributed by atoms with Crippen LogP contribution in [0.15, 0.2) is 66.9 Å². The Morgan fingerprint density at radius 3 is 2.35 bits per heavy atom. The van der Waals surface area contributed by atoms with Gasteiger partial charge in [0, 0.05) is 29.6 Å². The molecule has 1 heterocycles. The van der Waals surface area contributed by atoms with Crippen molar-refractivity contribution in [3.8, 4) is 0 Å². The Kier molecular flexibility index (Phi) is 8.61. The lowest BCUT2D eigenvalue weighted by molar-refractivity contribution is 0.0748. The average Bonchev–Trinajstić information content (AvgIpc) is 2.85. The largest absolute Gasteiger partial charge is 0.384 e. The zero-order chi connectivity index (χ0) is 27.2. The first-order valence-electron chi connectivity index (χ1n) is 11.4. The third kappa shape index (κ3) is 7.61. The molecular formula is C26H29N5O5S. The molecule has 0 unspecified atom stereocenters. The fourth-order valence-corrected chi connectivity index (χ4v) is 3.91. The number of rotatable bonds is 10. The summed E-state index contributed by atoms with van der Waals surface area (Å²) in [5, 5.41) is 10.8. The van der Waals surface area contributed by atoms with Crippen molar-refractivity contribution >= 4 is 39.2 Å². The lowest BCUT2D eigenvalue weighted by Gasteiger charge is -2.27. The van der Waals surface area contributed by atoms with E-state index in [1.165, 1.54) is 18.2 Å². The molecule has 1 aromatic heterocycles. The van der Waals surface area contributed by atoms with Crippen molar-refractivity contribution in [2.24, 2.45) is 11.7 Å². The van der Waals surface area contributed by atoms with Gasteiger partial charge in [-0.1, -0.05) is 19.9 Å². The summed E-state index contributed by atoms with van der Waals surface area (Å²) in [5.41, 5.74) is 8.28. The Morgan fingerprint density at radius 2 is 1.73 bits per heavy atom. The Hall–Kier alpha value is -4.25. The number of pyridine rings is 1. The number of nitrogens with one attached hydrogen (secondary N) is 2. The topological polar surface area (TPSA) is 156 Å². The first-order valence-corrected chi connectivity index (χ1v) is 13.2. The highest BCUT2D eigenvalue weighted by atomic mass is 32.2. The number of nitrogens with two attached hydrogens (primary N) is 1. The van der Waals surface area contributed by atoms with Crippen LogP contribution in [0, 0.1) is 11.3 Å². The van der Waals surface area contributed by atoms with Gasteiger partial charge in [0.05, 0.1) is 29.7 Å². The van der Waals surface area contributed by atoms with Gasteiger partial charge in [-0.2, -0.15) is 8.42 Å². The second-order valence-electron chi connectivity index (χ2n) is 8.78. The Balaban J connectivity index is 1.89. The van der Waals surface area contributed by atoms with Gasteiger partial charge in [-0.25, -0.2) is 4.79 Å². The van der Waals surface area contributed by atoms with E-state index in [1.807, 2.05) is 13.8 Å². The summed E-state index contributed by atoms with van der Waals surface area (Å²) >= 11 is 0. The Bertz CT molecular complexity index is 1400. The molecule has 194 valence electrons. The summed E-state index contributed by atoms with van der Waals surface area (Å²) in [6.07, 6.45) is 2.42. The van der Waals surface area contributed by atoms with E-state index in [-0.39, 0.29) is 28.8 Å². The molecule has 1 amide bonds. The number of carbonyl (C=O) groups is 2. The molecule has 0 bridgehead atoms. The third-order valence-electron chi connectivity index (χ3n) is 5.18. The standard InChI is InChI=1S/C26H29N5O5S/c1-17(2)16-31(25(32)19-6-4-7-20(14-19)26(33)36-37(3,34)35)23-8-5-13-29-22(23)15-30-21-11-9-18(10-12-21)24(27)28/h4-14,17,30H,15-16H2,1-3H3,(H3,27,28). The van der Waals surface area contributed by atoms with Gasteiger partial charge in [-0.3, -0.25) is 15.2 Å². The molecule has 0 atom stereocenters. The van der Waals surface area contributed by atoms with Crippen molar-refractivity contribution < 1.29 is 22.2 Å². The molecule has 11 heteroatoms. The number of nitrogens with zero attached hydrogens (tertiary/aromatic N) is 2. The smallest absolute Gasteiger partial charge is 0.353 e. The molecule has 0 aliphatic rings. The molecular weight excluding hydrogens is 494 g/mol. The quantitative estimate of drug-likeness (QED) is 0.207. The van der Waals surface area contributed by atoms with Crippen molar-refractivity contribution in [3.63, 3.8) is 0 Å². The number of hydrogen-bond donors (Lipinski definition) is 3. The van der Waals surface area contributed by atoms with Crippen LogP contribution in [-0.4, -0.2) is 43.9 Å². The molecule has 0 saturated carbocycles. The van der Waals surface area contributed by atoms with Crippen LogP contribution in [0.1, 0.15) is 45.8 Å². The molecule has 0 aliphatic carbocycles. The van der Waals surface area contributed by atoms with E-state index >= 15 is 0 Å². The second-order valence-corrected chi connectivity index (χ2v) is 10.4. The van der Waals surface area contributed by atoms with Gasteiger partial charge in [-0.05, 0) is 60.5 Å². The molecule has 0 saturated heterocycles. The second kappa shape index (κ2) is 11.7. The summed E-state index contributed by atoms with van der Waals surface area (Å²) in [5.74, 6) is -1.34. The maximum atomic E-state index is 13.6. The summed E-state index contributed by atoms with van der Waals surface area (Å²) in [6.45, 7) is 4.65. The van der Waals surface area contributed by atoms with Gasteiger partial charge >= 0.3 is 16.1 Å². The van der Waals surface area contributed by atoms with Crippen LogP contribution >= 0.6 is 0 Å². The first kappa shape index (κ1) is 27.3. The predicted molar refractivity (Wildman–Crippen MR) is 142 cm³/mol. The number of carbonyl (C=O) groups excluding carboxylic acids is 2. The minimum Gasteiger partial charge on any atom is -0.384 e. The maximum absolute atomic E-state index is 13.6. The van der Waals surface area contributed by atoms with Crippen molar-refractivity contribution in [2.45, 2.75) is 20.4 Å². The number of nitrogen functional groups attached to an aromatic ring is 1. The van der Waals surface area contributed by atoms with Crippen LogP contribution in [0.25, 0.3) is 0 Å². The van der Waals surface area contributed by atoms with E-state index in [1.54, 1.807) is 53.6 Å². The van der Waals surface area contributed by atoms with Gasteiger partial charge in [-0.15, -0.1) is 0 Å². The molecule has 2 aromatic carbocycles. The lowest BCUT2D eigenvalue weighted by atomic mass is 10.1. The van der Waals surface area contributed by atoms with E-state index in [0.717, 1.165) is 11.9 Å². The van der Waals surface area contributed by atoms with Crippen LogP contribution < -0.4 is 16.0 Å². The van der Waals surface area contributed by atoms with E-state index in [0.29, 0.717) is 30.0 Å². The first-order chi connectivity index (χ1) is 17.4. The predicted octanol–water partition coefficient (Wildman–Crippen LogP) is 3.40. The van der Waals surface area contributed by atoms with E-state index in [4.69, 9.17) is 11.1 Å². The van der Waals surface area contributed by atoms with Crippen molar-refractivity contribution in [1.29, 1.82) is 5.41 Å². The number of anilines is 2. The van der Waals surface area contributed by atoms with Crippen LogP contribution in [0.5, 0.6) is 0 Å². The molecule has 3 rings (SSSR count). The van der Waals surface area contributed by atoms with Gasteiger partial charge in [0.15, 0.2) is 0 Å². The molecule has 3 aromatic rings. The average molecular weight is 524 g/mol. The van der Waals surface area contributed by atoms with Crippen LogP contribution in [0.4, 0.5) is 11.4 Å². The molecule has 37 heavy (non-hydrogen) atoms. The number of hydrogen-bond acceptors (Lipinski definition) is 8. The SMILES string of the molecule is CC(C)CN(C(=O)c1cccc(C(=O)OS(C)(=O)=O)c1)c1cccnc1CNc1ccc(C(=N)N)cc1. The number of amidine groups is 1. The molecule has 0 aliphatic heterocycles. The summed E-state index contributed by atoms with van der Waals surface area (Å²) in [4.78, 5) is 31.9. The molecule has 0 spiro atoms. The molecule has 0 fully saturated rings. The highest BCUT2D eigenvalue weighted by Crippen LogP contribution is 2.24. The van der Waals surface area contributed by atoms with E-state index in [2.05, 4.69) is 14.5 Å². The van der Waals surface area contributed by atoms with E-state index in [9.17, 15) is 18.0 Å². The zero-order valence-electron chi connectivity index (χ0n) is 20.8. The highest BCUT2D eigenvalue weighted by Gasteiger charge is 2.23. The van der Waals surface area contributed by atoms with Gasteiger partial charge in [0.25, 0.3) is 5.91 Å². The molecule has 0 radical (unpaired) electrons. The highest BCUT2D eigenvalue weighted by molar-refractivity contribution is 7.86. The van der Waals surface area contributed by atoms with Crippen LogP contribution in [-0.2, 0) is 20.8 Å². The Morgan fingerprint density at radius 1 is 1.05 bits per heavy atom. The van der Waals surface area contributed by atoms with Gasteiger partial charge < -0.3 is 20.1 Å². The molecule has 4 N–H and O–H groups in total. The van der Waals surface area contributed by atoms with Gasteiger partial charge in [0.2, 0.25) is 0 Å². The normalized spacial score (nSPS) is 11.1. The van der Waals surface area contributed by atoms with Crippen LogP contribution in [0.3, 0.4) is 0 Å².